The molecule has 0 spiro atoms. The summed E-state index contributed by atoms with van der Waals surface area (Å²) in [5.74, 6) is -0.291. The normalized spacial score (nSPS) is 11.1. The van der Waals surface area contributed by atoms with Gasteiger partial charge in [-0.25, -0.2) is 14.5 Å². The number of imidazole rings is 1. The van der Waals surface area contributed by atoms with E-state index in [2.05, 4.69) is 15.1 Å². The Balaban J connectivity index is 1.80. The van der Waals surface area contributed by atoms with Gasteiger partial charge < -0.3 is 10.1 Å². The zero-order valence-corrected chi connectivity index (χ0v) is 13.8. The fraction of sp³-hybridized carbons (Fsp3) is 0.105. The van der Waals surface area contributed by atoms with Crippen LogP contribution in [0.25, 0.3) is 27.8 Å². The molecule has 0 saturated heterocycles. The Hall–Kier alpha value is -3.41. The molecule has 0 atom stereocenters. The number of nitrogens with zero attached hydrogens (tertiary/aromatic N) is 3. The van der Waals surface area contributed by atoms with Crippen molar-refractivity contribution >= 4 is 17.0 Å². The van der Waals surface area contributed by atoms with Crippen LogP contribution in [0.5, 0.6) is 0 Å². The number of aromatic amines is 1. The van der Waals surface area contributed by atoms with Crippen LogP contribution in [-0.2, 0) is 0 Å². The lowest BCUT2D eigenvalue weighted by atomic mass is 10.0. The molecule has 0 saturated carbocycles. The summed E-state index contributed by atoms with van der Waals surface area (Å²) in [6, 6.07) is 13.4. The number of rotatable bonds is 3. The molecule has 0 aliphatic heterocycles. The Kier molecular flexibility index (Phi) is 3.39. The van der Waals surface area contributed by atoms with Crippen molar-refractivity contribution < 1.29 is 9.90 Å². The van der Waals surface area contributed by atoms with Crippen molar-refractivity contribution in [3.63, 3.8) is 0 Å². The van der Waals surface area contributed by atoms with Gasteiger partial charge in [-0.3, -0.25) is 0 Å². The minimum Gasteiger partial charge on any atom is -0.478 e. The molecule has 25 heavy (non-hydrogen) atoms. The van der Waals surface area contributed by atoms with Crippen molar-refractivity contribution in [2.24, 2.45) is 0 Å². The molecule has 0 amide bonds. The number of benzene rings is 2. The highest BCUT2D eigenvalue weighted by molar-refractivity contribution is 6.03. The van der Waals surface area contributed by atoms with Crippen LogP contribution in [0.1, 0.15) is 21.9 Å². The van der Waals surface area contributed by atoms with Crippen LogP contribution in [0, 0.1) is 13.8 Å². The van der Waals surface area contributed by atoms with Crippen molar-refractivity contribution in [3.05, 3.63) is 65.7 Å². The van der Waals surface area contributed by atoms with E-state index < -0.39 is 5.97 Å². The highest BCUT2D eigenvalue weighted by Gasteiger charge is 2.14. The Morgan fingerprint density at radius 2 is 1.84 bits per heavy atom. The number of carboxylic acid groups (broad SMARTS) is 1. The van der Waals surface area contributed by atoms with Gasteiger partial charge in [-0.05, 0) is 55.3 Å². The van der Waals surface area contributed by atoms with Crippen LogP contribution in [-0.4, -0.2) is 30.8 Å². The minimum absolute atomic E-state index is 0.198. The van der Waals surface area contributed by atoms with Gasteiger partial charge in [0.25, 0.3) is 0 Å². The maximum Gasteiger partial charge on any atom is 0.337 e. The van der Waals surface area contributed by atoms with Gasteiger partial charge in [-0.1, -0.05) is 12.1 Å². The Bertz CT molecular complexity index is 1090. The Morgan fingerprint density at radius 3 is 2.48 bits per heavy atom. The molecule has 2 N–H and O–H groups in total. The smallest absolute Gasteiger partial charge is 0.337 e. The van der Waals surface area contributed by atoms with E-state index in [1.165, 1.54) is 0 Å². The van der Waals surface area contributed by atoms with Crippen LogP contribution in [0.3, 0.4) is 0 Å². The molecule has 0 bridgehead atoms. The molecule has 4 rings (SSSR count). The summed E-state index contributed by atoms with van der Waals surface area (Å²) in [7, 11) is 0. The first-order valence-corrected chi connectivity index (χ1v) is 7.88. The zero-order valence-electron chi connectivity index (χ0n) is 13.8. The number of nitrogens with one attached hydrogen (secondary N) is 1. The number of hydrogen-bond acceptors (Lipinski definition) is 3. The molecule has 0 radical (unpaired) electrons. The monoisotopic (exact) mass is 332 g/mol. The summed E-state index contributed by atoms with van der Waals surface area (Å²) in [4.78, 5) is 19.0. The third-order valence-corrected chi connectivity index (χ3v) is 4.12. The Morgan fingerprint density at radius 1 is 1.08 bits per heavy atom. The molecule has 0 aliphatic carbocycles. The van der Waals surface area contributed by atoms with Crippen molar-refractivity contribution in [1.82, 2.24) is 19.7 Å². The second kappa shape index (κ2) is 5.59. The highest BCUT2D eigenvalue weighted by Crippen LogP contribution is 2.27. The zero-order chi connectivity index (χ0) is 17.6. The van der Waals surface area contributed by atoms with Gasteiger partial charge in [-0.2, -0.15) is 5.10 Å². The largest absolute Gasteiger partial charge is 0.478 e. The van der Waals surface area contributed by atoms with E-state index in [0.29, 0.717) is 11.3 Å². The molecule has 2 aromatic heterocycles. The van der Waals surface area contributed by atoms with Gasteiger partial charge in [0.15, 0.2) is 0 Å². The van der Waals surface area contributed by atoms with Crippen molar-refractivity contribution in [3.8, 4) is 16.8 Å². The minimum atomic E-state index is -0.984. The van der Waals surface area contributed by atoms with E-state index in [0.717, 1.165) is 28.0 Å². The lowest BCUT2D eigenvalue weighted by molar-refractivity contribution is 0.0699. The number of aryl methyl sites for hydroxylation is 2. The fourth-order valence-electron chi connectivity index (χ4n) is 2.94. The van der Waals surface area contributed by atoms with E-state index in [1.807, 2.05) is 61.1 Å². The van der Waals surface area contributed by atoms with Crippen molar-refractivity contribution in [1.29, 1.82) is 0 Å². The fourth-order valence-corrected chi connectivity index (χ4v) is 2.94. The number of aromatic nitrogens is 4. The molecule has 0 unspecified atom stereocenters. The SMILES string of the molecule is Cc1ccn(-c2ccc(-c3cc(C(=O)O)c4nc(C)[nH]c4c3)cc2)n1. The van der Waals surface area contributed by atoms with Crippen molar-refractivity contribution in [2.75, 3.05) is 0 Å². The molecule has 124 valence electrons. The van der Waals surface area contributed by atoms with Gasteiger partial charge in [0.1, 0.15) is 11.3 Å². The second-order valence-corrected chi connectivity index (χ2v) is 6.00. The number of aromatic carboxylic acids is 1. The van der Waals surface area contributed by atoms with Crippen LogP contribution in [0.2, 0.25) is 0 Å². The van der Waals surface area contributed by atoms with Crippen LogP contribution in [0.15, 0.2) is 48.7 Å². The number of carboxylic acids is 1. The molecule has 6 nitrogen and oxygen atoms in total. The van der Waals surface area contributed by atoms with Gasteiger partial charge in [0.2, 0.25) is 0 Å². The molecule has 4 aromatic rings. The molecule has 6 heteroatoms. The average molecular weight is 332 g/mol. The first kappa shape index (κ1) is 15.1. The number of hydrogen-bond donors (Lipinski definition) is 2. The van der Waals surface area contributed by atoms with Crippen LogP contribution >= 0.6 is 0 Å². The van der Waals surface area contributed by atoms with E-state index in [4.69, 9.17) is 0 Å². The van der Waals surface area contributed by atoms with E-state index >= 15 is 0 Å². The first-order valence-electron chi connectivity index (χ1n) is 7.88. The lowest BCUT2D eigenvalue weighted by Gasteiger charge is -2.07. The lowest BCUT2D eigenvalue weighted by Crippen LogP contribution is -1.98. The molecule has 0 fully saturated rings. The van der Waals surface area contributed by atoms with E-state index in [9.17, 15) is 9.90 Å². The Labute approximate surface area is 143 Å². The first-order chi connectivity index (χ1) is 12.0. The van der Waals surface area contributed by atoms with Crippen molar-refractivity contribution in [2.45, 2.75) is 13.8 Å². The van der Waals surface area contributed by atoms with Crippen LogP contribution < -0.4 is 0 Å². The summed E-state index contributed by atoms with van der Waals surface area (Å²) in [6.45, 7) is 3.76. The maximum atomic E-state index is 11.6. The third-order valence-electron chi connectivity index (χ3n) is 4.12. The van der Waals surface area contributed by atoms with Gasteiger partial charge in [-0.15, -0.1) is 0 Å². The third kappa shape index (κ3) is 2.67. The predicted octanol–water partition coefficient (Wildman–Crippen LogP) is 3.73. The number of carbonyl (C=O) groups is 1. The second-order valence-electron chi connectivity index (χ2n) is 6.00. The molecular formula is C19H16N4O2. The van der Waals surface area contributed by atoms with E-state index in [1.54, 1.807) is 6.07 Å². The molecular weight excluding hydrogens is 316 g/mol. The number of fused-ring (bicyclic) bond motifs is 1. The maximum absolute atomic E-state index is 11.6. The summed E-state index contributed by atoms with van der Waals surface area (Å²) in [5, 5.41) is 13.9. The standard InChI is InChI=1S/C19H16N4O2/c1-11-7-8-23(22-11)15-5-3-13(4-6-15)14-9-16(19(24)25)18-17(10-14)20-12(2)21-18/h3-10H,1-2H3,(H,20,21)(H,24,25). The molecule has 2 aromatic carbocycles. The summed E-state index contributed by atoms with van der Waals surface area (Å²) in [6.07, 6.45) is 1.91. The summed E-state index contributed by atoms with van der Waals surface area (Å²) >= 11 is 0. The highest BCUT2D eigenvalue weighted by atomic mass is 16.4. The predicted molar refractivity (Wildman–Crippen MR) is 95.1 cm³/mol. The van der Waals surface area contributed by atoms with Crippen LogP contribution in [0.4, 0.5) is 0 Å². The quantitative estimate of drug-likeness (QED) is 0.599. The summed E-state index contributed by atoms with van der Waals surface area (Å²) in [5.41, 5.74) is 5.07. The topological polar surface area (TPSA) is 83.8 Å². The van der Waals surface area contributed by atoms with Gasteiger partial charge in [0.05, 0.1) is 22.5 Å². The average Bonchev–Trinajstić information content (AvgIpc) is 3.18. The molecule has 2 heterocycles. The van der Waals surface area contributed by atoms with Gasteiger partial charge in [0, 0.05) is 6.20 Å². The van der Waals surface area contributed by atoms with E-state index in [-0.39, 0.29) is 5.56 Å². The summed E-state index contributed by atoms with van der Waals surface area (Å²) < 4.78 is 1.81. The van der Waals surface area contributed by atoms with Gasteiger partial charge >= 0.3 is 5.97 Å². The number of H-pyrrole nitrogens is 1. The molecule has 0 aliphatic rings.